The lowest BCUT2D eigenvalue weighted by atomic mass is 10.2. The van der Waals surface area contributed by atoms with E-state index in [-0.39, 0.29) is 15.4 Å². The third-order valence-electron chi connectivity index (χ3n) is 2.27. The lowest BCUT2D eigenvalue weighted by molar-refractivity contribution is 0.318. The highest BCUT2D eigenvalue weighted by atomic mass is 31.1. The molecule has 2 aromatic carbocycles. The Morgan fingerprint density at radius 3 is 2.50 bits per heavy atom. The zero-order chi connectivity index (χ0) is 14.8. The Labute approximate surface area is 121 Å². The summed E-state index contributed by atoms with van der Waals surface area (Å²) < 4.78 is 5.66. The Kier molecular flexibility index (Phi) is 7.33. The van der Waals surface area contributed by atoms with E-state index < -0.39 is 0 Å². The van der Waals surface area contributed by atoms with Gasteiger partial charge in [0.2, 0.25) is 0 Å². The highest BCUT2D eigenvalue weighted by molar-refractivity contribution is 7.42. The third-order valence-corrected chi connectivity index (χ3v) is 3.18. The van der Waals surface area contributed by atoms with Crippen LogP contribution in [0.2, 0.25) is 0 Å². The van der Waals surface area contributed by atoms with Crippen LogP contribution in [0.4, 0.5) is 5.69 Å². The zero-order valence-corrected chi connectivity index (χ0v) is 12.3. The minimum Gasteiger partial charge on any atom is -0.472 e. The smallest absolute Gasteiger partial charge is 0.124 e. The summed E-state index contributed by atoms with van der Waals surface area (Å²) in [6.07, 6.45) is 1.23. The highest BCUT2D eigenvalue weighted by Gasteiger charge is 2.00. The Morgan fingerprint density at radius 1 is 1.25 bits per heavy atom. The fourth-order valence-corrected chi connectivity index (χ4v) is 2.06. The second-order valence-corrected chi connectivity index (χ2v) is 4.81. The van der Waals surface area contributed by atoms with E-state index in [1.54, 1.807) is 19.1 Å². The molecule has 1 atom stereocenters. The quantitative estimate of drug-likeness (QED) is 0.460. The molecular weight excluding hydrogens is 271 g/mol. The summed E-state index contributed by atoms with van der Waals surface area (Å²) in [6, 6.07) is 15.3. The van der Waals surface area contributed by atoms with Gasteiger partial charge in [0, 0.05) is 29.4 Å². The fourth-order valence-electron chi connectivity index (χ4n) is 1.37. The molecule has 0 fully saturated rings. The van der Waals surface area contributed by atoms with E-state index in [0.29, 0.717) is 11.3 Å². The third kappa shape index (κ3) is 5.39. The molecular formula is C15H19N2O2P. The molecule has 0 aromatic heterocycles. The number of nitrogen functional groups attached to an aromatic ring is 1. The van der Waals surface area contributed by atoms with Gasteiger partial charge in [0.05, 0.1) is 0 Å². The van der Waals surface area contributed by atoms with Gasteiger partial charge in [-0.15, -0.1) is 0 Å². The van der Waals surface area contributed by atoms with Crippen LogP contribution in [0.3, 0.4) is 0 Å². The van der Waals surface area contributed by atoms with Crippen molar-refractivity contribution in [2.75, 3.05) is 12.3 Å². The molecule has 0 aliphatic rings. The van der Waals surface area contributed by atoms with Crippen LogP contribution in [0.1, 0.15) is 12.5 Å². The normalized spacial score (nSPS) is 9.90. The van der Waals surface area contributed by atoms with Crippen LogP contribution in [-0.4, -0.2) is 17.9 Å². The molecule has 0 saturated carbocycles. The Morgan fingerprint density at radius 2 is 1.90 bits per heavy atom. The topological polar surface area (TPSA) is 79.3 Å². The van der Waals surface area contributed by atoms with Crippen molar-refractivity contribution in [1.29, 1.82) is 5.41 Å². The first-order valence-corrected chi connectivity index (χ1v) is 7.10. The van der Waals surface area contributed by atoms with Crippen LogP contribution in [-0.2, 0) is 0 Å². The van der Waals surface area contributed by atoms with Crippen molar-refractivity contribution >= 4 is 26.0 Å². The first kappa shape index (κ1) is 16.2. The lowest BCUT2D eigenvalue weighted by Crippen LogP contribution is -1.96. The monoisotopic (exact) mass is 290 g/mol. The average Bonchev–Trinajstić information content (AvgIpc) is 2.48. The SMILES string of the molecule is CCO.N=Cc1cc(OPc2ccccc2)ccc1N. The minimum atomic E-state index is 0.250. The molecule has 0 spiro atoms. The molecule has 4 nitrogen and oxygen atoms in total. The van der Waals surface area contributed by atoms with Crippen molar-refractivity contribution in [1.82, 2.24) is 0 Å². The summed E-state index contributed by atoms with van der Waals surface area (Å²) in [6.45, 7) is 1.93. The van der Waals surface area contributed by atoms with E-state index in [9.17, 15) is 0 Å². The number of nitrogens with one attached hydrogen (secondary N) is 1. The van der Waals surface area contributed by atoms with Gasteiger partial charge in [-0.05, 0) is 25.1 Å². The van der Waals surface area contributed by atoms with E-state index in [1.807, 2.05) is 36.4 Å². The zero-order valence-electron chi connectivity index (χ0n) is 11.3. The number of aliphatic hydroxyl groups excluding tert-OH is 1. The van der Waals surface area contributed by atoms with Crippen LogP contribution < -0.4 is 15.6 Å². The Balaban J connectivity index is 0.000000612. The molecule has 0 radical (unpaired) electrons. The van der Waals surface area contributed by atoms with Crippen molar-refractivity contribution in [2.45, 2.75) is 6.92 Å². The van der Waals surface area contributed by atoms with Crippen LogP contribution in [0.25, 0.3) is 0 Å². The molecule has 0 bridgehead atoms. The van der Waals surface area contributed by atoms with Crippen LogP contribution >= 0.6 is 8.81 Å². The van der Waals surface area contributed by atoms with Gasteiger partial charge in [0.15, 0.2) is 0 Å². The summed E-state index contributed by atoms with van der Waals surface area (Å²) in [7, 11) is 0.261. The van der Waals surface area contributed by atoms with Gasteiger partial charge in [0.1, 0.15) is 14.6 Å². The molecule has 0 aliphatic carbocycles. The molecule has 20 heavy (non-hydrogen) atoms. The van der Waals surface area contributed by atoms with Gasteiger partial charge in [0.25, 0.3) is 0 Å². The summed E-state index contributed by atoms with van der Waals surface area (Å²) >= 11 is 0. The van der Waals surface area contributed by atoms with E-state index in [4.69, 9.17) is 20.8 Å². The first-order chi connectivity index (χ1) is 9.71. The van der Waals surface area contributed by atoms with Gasteiger partial charge in [-0.1, -0.05) is 30.3 Å². The highest BCUT2D eigenvalue weighted by Crippen LogP contribution is 2.23. The number of anilines is 1. The molecule has 2 aromatic rings. The molecule has 1 unspecified atom stereocenters. The van der Waals surface area contributed by atoms with E-state index in [2.05, 4.69) is 0 Å². The first-order valence-electron chi connectivity index (χ1n) is 6.20. The predicted molar refractivity (Wildman–Crippen MR) is 86.5 cm³/mol. The average molecular weight is 290 g/mol. The van der Waals surface area contributed by atoms with Crippen LogP contribution in [0.5, 0.6) is 5.75 Å². The van der Waals surface area contributed by atoms with Crippen molar-refractivity contribution in [3.8, 4) is 5.75 Å². The van der Waals surface area contributed by atoms with Crippen LogP contribution in [0, 0.1) is 5.41 Å². The Hall–Kier alpha value is -1.90. The van der Waals surface area contributed by atoms with Gasteiger partial charge < -0.3 is 20.8 Å². The number of hydrogen-bond donors (Lipinski definition) is 3. The van der Waals surface area contributed by atoms with E-state index in [0.717, 1.165) is 11.1 Å². The number of nitrogens with two attached hydrogens (primary N) is 1. The van der Waals surface area contributed by atoms with Gasteiger partial charge in [-0.3, -0.25) is 0 Å². The summed E-state index contributed by atoms with van der Waals surface area (Å²) in [5.74, 6) is 0.736. The van der Waals surface area contributed by atoms with Gasteiger partial charge in [-0.2, -0.15) is 0 Å². The molecule has 0 heterocycles. The van der Waals surface area contributed by atoms with Gasteiger partial charge >= 0.3 is 0 Å². The molecule has 0 saturated heterocycles. The molecule has 5 heteroatoms. The minimum absolute atomic E-state index is 0.250. The molecule has 4 N–H and O–H groups in total. The molecule has 0 amide bonds. The largest absolute Gasteiger partial charge is 0.472 e. The summed E-state index contributed by atoms with van der Waals surface area (Å²) in [5, 5.41) is 15.9. The van der Waals surface area contributed by atoms with Crippen LogP contribution in [0.15, 0.2) is 48.5 Å². The molecule has 106 valence electrons. The Bertz CT molecular complexity index is 533. The van der Waals surface area contributed by atoms with Crippen molar-refractivity contribution in [3.63, 3.8) is 0 Å². The van der Waals surface area contributed by atoms with Gasteiger partial charge in [-0.25, -0.2) is 0 Å². The van der Waals surface area contributed by atoms with Crippen molar-refractivity contribution in [3.05, 3.63) is 54.1 Å². The van der Waals surface area contributed by atoms with E-state index >= 15 is 0 Å². The number of rotatable bonds is 4. The second kappa shape index (κ2) is 9.08. The maximum atomic E-state index is 7.57. The maximum Gasteiger partial charge on any atom is 0.124 e. The molecule has 2 rings (SSSR count). The van der Waals surface area contributed by atoms with Crippen molar-refractivity contribution in [2.24, 2.45) is 0 Å². The predicted octanol–water partition coefficient (Wildman–Crippen LogP) is 2.56. The second-order valence-electron chi connectivity index (χ2n) is 3.82. The molecule has 0 aliphatic heterocycles. The maximum absolute atomic E-state index is 7.57. The van der Waals surface area contributed by atoms with E-state index in [1.165, 1.54) is 6.21 Å². The summed E-state index contributed by atoms with van der Waals surface area (Å²) in [5.41, 5.74) is 6.98. The van der Waals surface area contributed by atoms with Crippen molar-refractivity contribution < 1.29 is 9.63 Å². The fraction of sp³-hybridized carbons (Fsp3) is 0.133. The number of benzene rings is 2. The number of aliphatic hydroxyl groups is 1. The summed E-state index contributed by atoms with van der Waals surface area (Å²) in [4.78, 5) is 0. The number of hydrogen-bond acceptors (Lipinski definition) is 4. The standard InChI is InChI=1S/C13H13N2OP.C2H6O/c14-9-10-8-11(6-7-13(10)15)16-17-12-4-2-1-3-5-12;1-2-3/h1-9,14,17H,15H2;3H,2H2,1H3. The lowest BCUT2D eigenvalue weighted by Gasteiger charge is -2.07.